The van der Waals surface area contributed by atoms with Gasteiger partial charge in [-0.05, 0) is 48.5 Å². The molecule has 2 saturated heterocycles. The Morgan fingerprint density at radius 3 is 2.33 bits per heavy atom. The third kappa shape index (κ3) is 5.27. The number of nitrogens with zero attached hydrogens (tertiary/aromatic N) is 4. The minimum absolute atomic E-state index is 0.203. The van der Waals surface area contributed by atoms with Gasteiger partial charge in [-0.3, -0.25) is 19.3 Å². The number of imide groups is 1. The van der Waals surface area contributed by atoms with Crippen LogP contribution >= 0.6 is 11.8 Å². The van der Waals surface area contributed by atoms with Gasteiger partial charge in [0.05, 0.1) is 4.91 Å². The van der Waals surface area contributed by atoms with E-state index in [2.05, 4.69) is 58.9 Å². The van der Waals surface area contributed by atoms with Gasteiger partial charge in [0.15, 0.2) is 0 Å². The zero-order valence-corrected chi connectivity index (χ0v) is 23.1. The number of carbonyl (C=O) groups is 3. The first-order valence-corrected chi connectivity index (χ1v) is 14.2. The lowest BCUT2D eigenvalue weighted by atomic mass is 10.1. The minimum Gasteiger partial charge on any atom is -0.368 e. The predicted molar refractivity (Wildman–Crippen MR) is 160 cm³/mol. The van der Waals surface area contributed by atoms with Gasteiger partial charge in [-0.2, -0.15) is 0 Å². The number of para-hydroxylation sites is 2. The van der Waals surface area contributed by atoms with Gasteiger partial charge in [-0.1, -0.05) is 66.2 Å². The van der Waals surface area contributed by atoms with Crippen molar-refractivity contribution in [1.82, 2.24) is 14.4 Å². The van der Waals surface area contributed by atoms with Crippen molar-refractivity contribution in [2.24, 2.45) is 0 Å². The van der Waals surface area contributed by atoms with E-state index in [1.165, 1.54) is 11.1 Å². The molecule has 2 aliphatic rings. The maximum atomic E-state index is 13.3. The average molecular weight is 551 g/mol. The highest BCUT2D eigenvalue weighted by Crippen LogP contribution is 2.34. The molecule has 4 aromatic rings. The Labute approximate surface area is 237 Å². The number of amides is 3. The first-order chi connectivity index (χ1) is 19.5. The van der Waals surface area contributed by atoms with Crippen LogP contribution in [0.25, 0.3) is 17.0 Å². The molecule has 40 heavy (non-hydrogen) atoms. The molecule has 2 fully saturated rings. The van der Waals surface area contributed by atoms with Crippen LogP contribution in [0.1, 0.15) is 16.7 Å². The molecule has 0 saturated carbocycles. The normalized spacial score (nSPS) is 16.9. The van der Waals surface area contributed by atoms with Crippen molar-refractivity contribution in [1.29, 1.82) is 0 Å². The molecule has 0 N–H and O–H groups in total. The highest BCUT2D eigenvalue weighted by Gasteiger charge is 2.37. The summed E-state index contributed by atoms with van der Waals surface area (Å²) in [6, 6.07) is 26.6. The Hall–Kier alpha value is -4.30. The highest BCUT2D eigenvalue weighted by molar-refractivity contribution is 8.18. The number of aryl methyl sites for hydroxylation is 1. The predicted octanol–water partition coefficient (Wildman–Crippen LogP) is 5.38. The molecule has 3 aromatic carbocycles. The van der Waals surface area contributed by atoms with E-state index < -0.39 is 11.1 Å². The van der Waals surface area contributed by atoms with E-state index in [1.54, 1.807) is 11.0 Å². The van der Waals surface area contributed by atoms with E-state index in [4.69, 9.17) is 0 Å². The average Bonchev–Trinajstić information content (AvgIpc) is 3.46. The second kappa shape index (κ2) is 11.1. The molecular weight excluding hydrogens is 520 g/mol. The van der Waals surface area contributed by atoms with Gasteiger partial charge in [-0.25, -0.2) is 0 Å². The third-order valence-corrected chi connectivity index (χ3v) is 8.41. The number of hydrogen-bond acceptors (Lipinski definition) is 5. The molecule has 2 aliphatic heterocycles. The van der Waals surface area contributed by atoms with Crippen molar-refractivity contribution in [3.05, 3.63) is 107 Å². The number of fused-ring (bicyclic) bond motifs is 1. The van der Waals surface area contributed by atoms with Crippen LogP contribution in [-0.4, -0.2) is 64.1 Å². The molecule has 6 rings (SSSR count). The zero-order chi connectivity index (χ0) is 27.6. The van der Waals surface area contributed by atoms with E-state index in [9.17, 15) is 14.4 Å². The molecule has 0 aliphatic carbocycles. The molecule has 202 valence electrons. The van der Waals surface area contributed by atoms with E-state index in [0.717, 1.165) is 38.8 Å². The summed E-state index contributed by atoms with van der Waals surface area (Å²) in [7, 11) is 0. The fourth-order valence-corrected chi connectivity index (χ4v) is 6.11. The van der Waals surface area contributed by atoms with Gasteiger partial charge in [0.1, 0.15) is 6.54 Å². The SMILES string of the molecule is Cc1ccc(Cn2cc(C=C3SC(=O)N(CC(=O)N4CCN(c5ccccc5)CC4)C3=O)c3ccccc32)cc1. The van der Waals surface area contributed by atoms with Gasteiger partial charge >= 0.3 is 0 Å². The molecule has 0 bridgehead atoms. The lowest BCUT2D eigenvalue weighted by Gasteiger charge is -2.36. The summed E-state index contributed by atoms with van der Waals surface area (Å²) in [5.41, 5.74) is 5.45. The topological polar surface area (TPSA) is 65.9 Å². The molecule has 0 atom stereocenters. The molecule has 8 heteroatoms. The van der Waals surface area contributed by atoms with Crippen LogP contribution in [0.15, 0.2) is 90.0 Å². The Morgan fingerprint density at radius 2 is 1.57 bits per heavy atom. The van der Waals surface area contributed by atoms with Crippen LogP contribution in [-0.2, 0) is 16.1 Å². The van der Waals surface area contributed by atoms with Gasteiger partial charge in [0, 0.05) is 61.1 Å². The molecule has 3 heterocycles. The smallest absolute Gasteiger partial charge is 0.294 e. The van der Waals surface area contributed by atoms with Crippen LogP contribution in [0.5, 0.6) is 0 Å². The Bertz CT molecular complexity index is 1600. The standard InChI is InChI=1S/C32H30N4O3S/c1-23-11-13-24(14-12-23)20-35-21-25(27-9-5-6-10-28(27)35)19-29-31(38)36(32(39)40-29)22-30(37)34-17-15-33(16-18-34)26-7-3-2-4-8-26/h2-14,19,21H,15-18,20,22H2,1H3. The van der Waals surface area contributed by atoms with Crippen molar-refractivity contribution in [3.8, 4) is 0 Å². The number of piperazine rings is 1. The van der Waals surface area contributed by atoms with Crippen molar-refractivity contribution in [2.75, 3.05) is 37.6 Å². The summed E-state index contributed by atoms with van der Waals surface area (Å²) < 4.78 is 2.16. The van der Waals surface area contributed by atoms with Crippen molar-refractivity contribution in [3.63, 3.8) is 0 Å². The van der Waals surface area contributed by atoms with Gasteiger partial charge in [0.25, 0.3) is 11.1 Å². The third-order valence-electron chi connectivity index (χ3n) is 7.50. The summed E-state index contributed by atoms with van der Waals surface area (Å²) in [6.45, 7) is 5.07. The maximum absolute atomic E-state index is 13.3. The number of hydrogen-bond donors (Lipinski definition) is 0. The number of aromatic nitrogens is 1. The Kier molecular flexibility index (Phi) is 7.17. The highest BCUT2D eigenvalue weighted by atomic mass is 32.2. The molecule has 0 spiro atoms. The first kappa shape index (κ1) is 26.0. The van der Waals surface area contributed by atoms with Crippen molar-refractivity contribution >= 4 is 51.5 Å². The molecule has 0 radical (unpaired) electrons. The lowest BCUT2D eigenvalue weighted by molar-refractivity contribution is -0.136. The Morgan fingerprint density at radius 1 is 0.875 bits per heavy atom. The van der Waals surface area contributed by atoms with Gasteiger partial charge in [-0.15, -0.1) is 0 Å². The summed E-state index contributed by atoms with van der Waals surface area (Å²) in [5.74, 6) is -0.618. The Balaban J connectivity index is 1.15. The van der Waals surface area contributed by atoms with E-state index >= 15 is 0 Å². The minimum atomic E-state index is -0.415. The fourth-order valence-electron chi connectivity index (χ4n) is 5.28. The molecular formula is C32H30N4O3S. The van der Waals surface area contributed by atoms with Crippen LogP contribution in [0, 0.1) is 6.92 Å². The van der Waals surface area contributed by atoms with E-state index in [1.807, 2.05) is 42.6 Å². The quantitative estimate of drug-likeness (QED) is 0.302. The second-order valence-electron chi connectivity index (χ2n) is 10.2. The van der Waals surface area contributed by atoms with Crippen molar-refractivity contribution < 1.29 is 14.4 Å². The van der Waals surface area contributed by atoms with Crippen LogP contribution in [0.4, 0.5) is 10.5 Å². The summed E-state index contributed by atoms with van der Waals surface area (Å²) >= 11 is 0.897. The fraction of sp³-hybridized carbons (Fsp3) is 0.219. The number of thioether (sulfide) groups is 1. The van der Waals surface area contributed by atoms with Gasteiger partial charge < -0.3 is 14.4 Å². The zero-order valence-electron chi connectivity index (χ0n) is 22.3. The summed E-state index contributed by atoms with van der Waals surface area (Å²) in [4.78, 5) is 44.5. The largest absolute Gasteiger partial charge is 0.368 e. The molecule has 3 amide bonds. The summed E-state index contributed by atoms with van der Waals surface area (Å²) in [6.07, 6.45) is 3.80. The van der Waals surface area contributed by atoms with Crippen molar-refractivity contribution in [2.45, 2.75) is 13.5 Å². The van der Waals surface area contributed by atoms with Gasteiger partial charge in [0.2, 0.25) is 5.91 Å². The number of anilines is 1. The first-order valence-electron chi connectivity index (χ1n) is 13.4. The summed E-state index contributed by atoms with van der Waals surface area (Å²) in [5, 5.41) is 0.602. The number of benzene rings is 3. The van der Waals surface area contributed by atoms with Crippen LogP contribution in [0.2, 0.25) is 0 Å². The van der Waals surface area contributed by atoms with E-state index in [-0.39, 0.29) is 12.5 Å². The van der Waals surface area contributed by atoms with Crippen LogP contribution in [0.3, 0.4) is 0 Å². The molecule has 7 nitrogen and oxygen atoms in total. The molecule has 1 aromatic heterocycles. The lowest BCUT2D eigenvalue weighted by Crippen LogP contribution is -2.51. The maximum Gasteiger partial charge on any atom is 0.294 e. The van der Waals surface area contributed by atoms with E-state index in [0.29, 0.717) is 37.6 Å². The second-order valence-corrected chi connectivity index (χ2v) is 11.2. The molecule has 0 unspecified atom stereocenters. The number of rotatable bonds is 6. The monoisotopic (exact) mass is 550 g/mol. The van der Waals surface area contributed by atoms with Crippen LogP contribution < -0.4 is 4.90 Å². The number of carbonyl (C=O) groups excluding carboxylic acids is 3.